The Morgan fingerprint density at radius 3 is 2.26 bits per heavy atom. The third-order valence-electron chi connectivity index (χ3n) is 2.14. The van der Waals surface area contributed by atoms with Gasteiger partial charge < -0.3 is 9.47 Å². The van der Waals surface area contributed by atoms with Crippen LogP contribution in [0.1, 0.15) is 13.3 Å². The molecule has 0 aliphatic rings. The highest BCUT2D eigenvalue weighted by molar-refractivity contribution is 5.80. The summed E-state index contributed by atoms with van der Waals surface area (Å²) in [7, 11) is 0. The lowest BCUT2D eigenvalue weighted by Crippen LogP contribution is -2.41. The summed E-state index contributed by atoms with van der Waals surface area (Å²) in [5.74, 6) is 4.33. The first-order chi connectivity index (χ1) is 8.85. The van der Waals surface area contributed by atoms with E-state index in [9.17, 15) is 18.0 Å². The van der Waals surface area contributed by atoms with Crippen LogP contribution >= 0.6 is 0 Å². The number of halogens is 3. The van der Waals surface area contributed by atoms with Crippen molar-refractivity contribution in [2.45, 2.75) is 25.8 Å². The van der Waals surface area contributed by atoms with Crippen LogP contribution in [0.3, 0.4) is 0 Å². The molecule has 1 atom stereocenters. The number of nitrogens with two attached hydrogens (primary N) is 1. The molecule has 0 saturated heterocycles. The summed E-state index contributed by atoms with van der Waals surface area (Å²) >= 11 is 0. The summed E-state index contributed by atoms with van der Waals surface area (Å²) < 4.78 is 44.8. The van der Waals surface area contributed by atoms with E-state index in [0.717, 1.165) is 12.1 Å². The molecular weight excluding hydrogens is 265 g/mol. The highest BCUT2D eigenvalue weighted by Crippen LogP contribution is 2.25. The Morgan fingerprint density at radius 2 is 1.84 bits per heavy atom. The first-order valence-electron chi connectivity index (χ1n) is 5.38. The highest BCUT2D eigenvalue weighted by Gasteiger charge is 2.31. The molecule has 0 aromatic heterocycles. The van der Waals surface area contributed by atoms with Gasteiger partial charge in [-0.2, -0.15) is 0 Å². The van der Waals surface area contributed by atoms with Crippen LogP contribution in [0.4, 0.5) is 13.2 Å². The van der Waals surface area contributed by atoms with Crippen LogP contribution in [0, 0.1) is 0 Å². The van der Waals surface area contributed by atoms with Gasteiger partial charge in [0, 0.05) is 0 Å². The van der Waals surface area contributed by atoms with Gasteiger partial charge in [-0.3, -0.25) is 10.2 Å². The van der Waals surface area contributed by atoms with E-state index < -0.39 is 18.4 Å². The molecule has 0 fully saturated rings. The molecule has 0 aliphatic heterocycles. The van der Waals surface area contributed by atoms with Crippen molar-refractivity contribution in [2.24, 2.45) is 5.84 Å². The molecule has 0 radical (unpaired) electrons. The maximum absolute atomic E-state index is 11.9. The first-order valence-corrected chi connectivity index (χ1v) is 5.38. The number of alkyl halides is 3. The molecule has 1 amide bonds. The molecule has 0 bridgehead atoms. The monoisotopic (exact) mass is 278 g/mol. The van der Waals surface area contributed by atoms with E-state index >= 15 is 0 Å². The average molecular weight is 278 g/mol. The van der Waals surface area contributed by atoms with Crippen LogP contribution in [0.15, 0.2) is 24.3 Å². The van der Waals surface area contributed by atoms with Gasteiger partial charge in [-0.1, -0.05) is 6.92 Å². The number of hydrogen-bond acceptors (Lipinski definition) is 4. The molecule has 106 valence electrons. The topological polar surface area (TPSA) is 73.6 Å². The Balaban J connectivity index is 2.68. The number of nitrogens with one attached hydrogen (secondary N) is 1. The van der Waals surface area contributed by atoms with Crippen LogP contribution in [-0.4, -0.2) is 18.4 Å². The maximum Gasteiger partial charge on any atom is 0.573 e. The van der Waals surface area contributed by atoms with Gasteiger partial charge in [0.15, 0.2) is 6.10 Å². The average Bonchev–Trinajstić information content (AvgIpc) is 2.35. The van der Waals surface area contributed by atoms with Gasteiger partial charge in [0.25, 0.3) is 5.91 Å². The van der Waals surface area contributed by atoms with Gasteiger partial charge in [-0.15, -0.1) is 13.2 Å². The van der Waals surface area contributed by atoms with E-state index in [0.29, 0.717) is 6.42 Å². The van der Waals surface area contributed by atoms with Crippen molar-refractivity contribution in [1.29, 1.82) is 0 Å². The number of benzene rings is 1. The van der Waals surface area contributed by atoms with Gasteiger partial charge in [0.2, 0.25) is 0 Å². The predicted molar refractivity (Wildman–Crippen MR) is 60.2 cm³/mol. The fraction of sp³-hybridized carbons (Fsp3) is 0.364. The van der Waals surface area contributed by atoms with Gasteiger partial charge in [0.05, 0.1) is 0 Å². The van der Waals surface area contributed by atoms with Crippen molar-refractivity contribution in [3.63, 3.8) is 0 Å². The van der Waals surface area contributed by atoms with Crippen LogP contribution in [0.25, 0.3) is 0 Å². The second-order valence-electron chi connectivity index (χ2n) is 3.54. The van der Waals surface area contributed by atoms with Crippen LogP contribution in [0.5, 0.6) is 11.5 Å². The molecule has 1 unspecified atom stereocenters. The lowest BCUT2D eigenvalue weighted by molar-refractivity contribution is -0.274. The third kappa shape index (κ3) is 5.04. The minimum Gasteiger partial charge on any atom is -0.481 e. The van der Waals surface area contributed by atoms with E-state index in [1.165, 1.54) is 12.1 Å². The van der Waals surface area contributed by atoms with Crippen molar-refractivity contribution < 1.29 is 27.4 Å². The van der Waals surface area contributed by atoms with Crippen molar-refractivity contribution >= 4 is 5.91 Å². The van der Waals surface area contributed by atoms with E-state index in [-0.39, 0.29) is 11.5 Å². The summed E-state index contributed by atoms with van der Waals surface area (Å²) in [6.07, 6.45) is -5.18. The van der Waals surface area contributed by atoms with Crippen LogP contribution in [-0.2, 0) is 4.79 Å². The van der Waals surface area contributed by atoms with Crippen molar-refractivity contribution in [1.82, 2.24) is 5.43 Å². The molecule has 3 N–H and O–H groups in total. The van der Waals surface area contributed by atoms with Gasteiger partial charge >= 0.3 is 6.36 Å². The molecule has 0 saturated carbocycles. The molecule has 0 heterocycles. The maximum atomic E-state index is 11.9. The molecule has 19 heavy (non-hydrogen) atoms. The zero-order chi connectivity index (χ0) is 14.5. The smallest absolute Gasteiger partial charge is 0.481 e. The van der Waals surface area contributed by atoms with E-state index in [2.05, 4.69) is 4.74 Å². The first kappa shape index (κ1) is 15.1. The highest BCUT2D eigenvalue weighted by atomic mass is 19.4. The van der Waals surface area contributed by atoms with Crippen molar-refractivity contribution in [2.75, 3.05) is 0 Å². The summed E-state index contributed by atoms with van der Waals surface area (Å²) in [6.45, 7) is 1.71. The molecule has 1 rings (SSSR count). The van der Waals surface area contributed by atoms with Crippen molar-refractivity contribution in [3.8, 4) is 11.5 Å². The minimum atomic E-state index is -4.74. The predicted octanol–water partition coefficient (Wildman–Crippen LogP) is 1.73. The Labute approximate surface area is 107 Å². The zero-order valence-electron chi connectivity index (χ0n) is 10.0. The molecule has 0 spiro atoms. The normalized spacial score (nSPS) is 12.7. The number of carbonyl (C=O) groups is 1. The second-order valence-corrected chi connectivity index (χ2v) is 3.54. The number of hydrogen-bond donors (Lipinski definition) is 2. The Hall–Kier alpha value is -1.96. The zero-order valence-corrected chi connectivity index (χ0v) is 10.0. The van der Waals surface area contributed by atoms with E-state index in [1.807, 2.05) is 5.43 Å². The lowest BCUT2D eigenvalue weighted by Gasteiger charge is -2.16. The number of rotatable bonds is 5. The molecule has 8 heteroatoms. The number of amides is 1. The fourth-order valence-electron chi connectivity index (χ4n) is 1.30. The fourth-order valence-corrected chi connectivity index (χ4v) is 1.30. The van der Waals surface area contributed by atoms with Gasteiger partial charge in [-0.25, -0.2) is 5.84 Å². The summed E-state index contributed by atoms with van der Waals surface area (Å²) in [4.78, 5) is 11.3. The number of ether oxygens (including phenoxy) is 2. The minimum absolute atomic E-state index is 0.241. The Morgan fingerprint density at radius 1 is 1.32 bits per heavy atom. The second kappa shape index (κ2) is 6.28. The van der Waals surface area contributed by atoms with Crippen molar-refractivity contribution in [3.05, 3.63) is 24.3 Å². The Kier molecular flexibility index (Phi) is 4.99. The summed E-state index contributed by atoms with van der Waals surface area (Å²) in [5.41, 5.74) is 1.94. The summed E-state index contributed by atoms with van der Waals surface area (Å²) in [5, 5.41) is 0. The third-order valence-corrected chi connectivity index (χ3v) is 2.14. The molecular formula is C11H13F3N2O3. The number of carbonyl (C=O) groups excluding carboxylic acids is 1. The Bertz CT molecular complexity index is 420. The summed E-state index contributed by atoms with van der Waals surface area (Å²) in [6, 6.07) is 4.73. The SMILES string of the molecule is CCC(Oc1ccc(OC(F)(F)F)cc1)C(=O)NN. The molecule has 0 aliphatic carbocycles. The standard InChI is InChI=1S/C11H13F3N2O3/c1-2-9(10(17)16-15)18-7-3-5-8(6-4-7)19-11(12,13)14/h3-6,9H,2,15H2,1H3,(H,16,17). The molecule has 5 nitrogen and oxygen atoms in total. The largest absolute Gasteiger partial charge is 0.573 e. The van der Waals surface area contributed by atoms with Crippen LogP contribution in [0.2, 0.25) is 0 Å². The number of hydrazine groups is 1. The van der Waals surface area contributed by atoms with Gasteiger partial charge in [0.1, 0.15) is 11.5 Å². The van der Waals surface area contributed by atoms with E-state index in [4.69, 9.17) is 10.6 Å². The lowest BCUT2D eigenvalue weighted by atomic mass is 10.2. The van der Waals surface area contributed by atoms with E-state index in [1.54, 1.807) is 6.92 Å². The molecule has 1 aromatic carbocycles. The van der Waals surface area contributed by atoms with Gasteiger partial charge in [-0.05, 0) is 30.7 Å². The quantitative estimate of drug-likeness (QED) is 0.489. The molecule has 1 aromatic rings. The van der Waals surface area contributed by atoms with Crippen LogP contribution < -0.4 is 20.7 Å².